The molecule has 124 valence electrons. The molecule has 22 heavy (non-hydrogen) atoms. The SMILES string of the molecule is Cc1ccc(-c2ccc(CNCCN(C)C)o2)cc1Cl.[Cl-].[Cl-]. The minimum atomic E-state index is 0. The zero-order chi connectivity index (χ0) is 14.5. The monoisotopic (exact) mass is 362 g/mol. The van der Waals surface area contributed by atoms with Gasteiger partial charge in [-0.15, -0.1) is 0 Å². The fraction of sp³-hybridized carbons (Fsp3) is 0.375. The van der Waals surface area contributed by atoms with Crippen molar-refractivity contribution in [3.05, 3.63) is 46.7 Å². The fourth-order valence-electron chi connectivity index (χ4n) is 1.89. The normalized spacial score (nSPS) is 10.2. The van der Waals surface area contributed by atoms with E-state index in [4.69, 9.17) is 16.0 Å². The quantitative estimate of drug-likeness (QED) is 0.579. The van der Waals surface area contributed by atoms with Gasteiger partial charge in [0, 0.05) is 23.7 Å². The van der Waals surface area contributed by atoms with Crippen molar-refractivity contribution < 1.29 is 29.2 Å². The lowest BCUT2D eigenvalue weighted by atomic mass is 10.1. The number of hydrogen-bond acceptors (Lipinski definition) is 3. The smallest absolute Gasteiger partial charge is 0.134 e. The van der Waals surface area contributed by atoms with E-state index in [1.54, 1.807) is 0 Å². The molecule has 0 radical (unpaired) electrons. The summed E-state index contributed by atoms with van der Waals surface area (Å²) in [7, 11) is 4.13. The number of likely N-dealkylation sites (N-methyl/N-ethyl adjacent to an activating group) is 1. The summed E-state index contributed by atoms with van der Waals surface area (Å²) in [5.41, 5.74) is 2.09. The van der Waals surface area contributed by atoms with Crippen molar-refractivity contribution in [1.29, 1.82) is 0 Å². The number of nitrogens with zero attached hydrogens (tertiary/aromatic N) is 1. The summed E-state index contributed by atoms with van der Waals surface area (Å²) in [6.45, 7) is 4.70. The zero-order valence-electron chi connectivity index (χ0n) is 13.0. The summed E-state index contributed by atoms with van der Waals surface area (Å²) in [4.78, 5) is 2.15. The molecular formula is C16H21Cl3N2O-2. The summed E-state index contributed by atoms with van der Waals surface area (Å²) in [6, 6.07) is 9.98. The molecule has 6 heteroatoms. The van der Waals surface area contributed by atoms with Crippen LogP contribution in [0.2, 0.25) is 5.02 Å². The lowest BCUT2D eigenvalue weighted by Crippen LogP contribution is -3.00. The maximum Gasteiger partial charge on any atom is 0.134 e. The molecule has 1 heterocycles. The molecule has 0 unspecified atom stereocenters. The van der Waals surface area contributed by atoms with Crippen molar-refractivity contribution in [1.82, 2.24) is 10.2 Å². The third kappa shape index (κ3) is 6.19. The number of halogens is 3. The molecule has 2 aromatic rings. The third-order valence-electron chi connectivity index (χ3n) is 3.15. The molecular weight excluding hydrogens is 343 g/mol. The Morgan fingerprint density at radius 3 is 2.50 bits per heavy atom. The Labute approximate surface area is 149 Å². The van der Waals surface area contributed by atoms with E-state index in [9.17, 15) is 0 Å². The maximum atomic E-state index is 6.14. The minimum Gasteiger partial charge on any atom is -1.00 e. The second-order valence-electron chi connectivity index (χ2n) is 5.21. The van der Waals surface area contributed by atoms with E-state index in [1.807, 2.05) is 37.3 Å². The molecule has 3 nitrogen and oxygen atoms in total. The lowest BCUT2D eigenvalue weighted by molar-refractivity contribution is -0.00100. The first kappa shape index (κ1) is 21.3. The van der Waals surface area contributed by atoms with E-state index >= 15 is 0 Å². The summed E-state index contributed by atoms with van der Waals surface area (Å²) < 4.78 is 5.84. The maximum absolute atomic E-state index is 6.14. The Balaban J connectivity index is 0.00000220. The van der Waals surface area contributed by atoms with Gasteiger partial charge in [-0.2, -0.15) is 0 Å². The van der Waals surface area contributed by atoms with Gasteiger partial charge in [-0.1, -0.05) is 23.7 Å². The van der Waals surface area contributed by atoms with E-state index in [1.165, 1.54) is 0 Å². The van der Waals surface area contributed by atoms with Crippen molar-refractivity contribution in [2.45, 2.75) is 13.5 Å². The van der Waals surface area contributed by atoms with Gasteiger partial charge in [0.05, 0.1) is 6.54 Å². The van der Waals surface area contributed by atoms with Crippen LogP contribution in [0.4, 0.5) is 0 Å². The Morgan fingerprint density at radius 1 is 1.14 bits per heavy atom. The van der Waals surface area contributed by atoms with Gasteiger partial charge < -0.3 is 39.4 Å². The first-order chi connectivity index (χ1) is 9.56. The molecule has 2 rings (SSSR count). The molecule has 0 fully saturated rings. The predicted molar refractivity (Wildman–Crippen MR) is 84.2 cm³/mol. The summed E-state index contributed by atoms with van der Waals surface area (Å²) in [5, 5.41) is 4.12. The standard InChI is InChI=1S/C16H21ClN2O.2ClH/c1-12-4-5-13(10-15(12)17)16-7-6-14(20-16)11-18-8-9-19(2)3;;/h4-7,10,18H,8-9,11H2,1-3H3;2*1H/p-2. The molecule has 0 bridgehead atoms. The molecule has 0 amide bonds. The largest absolute Gasteiger partial charge is 1.00 e. The second kappa shape index (κ2) is 10.1. The van der Waals surface area contributed by atoms with Gasteiger partial charge >= 0.3 is 0 Å². The number of furan rings is 1. The number of hydrogen-bond donors (Lipinski definition) is 1. The Hall–Kier alpha value is -0.710. The second-order valence-corrected chi connectivity index (χ2v) is 5.62. The average Bonchev–Trinajstić information content (AvgIpc) is 2.86. The Morgan fingerprint density at radius 2 is 1.86 bits per heavy atom. The molecule has 0 spiro atoms. The van der Waals surface area contributed by atoms with Gasteiger partial charge in [0.2, 0.25) is 0 Å². The van der Waals surface area contributed by atoms with E-state index in [-0.39, 0.29) is 24.8 Å². The van der Waals surface area contributed by atoms with Crippen molar-refractivity contribution in [2.24, 2.45) is 0 Å². The first-order valence-corrected chi connectivity index (χ1v) is 7.15. The molecule has 1 aromatic carbocycles. The Kier molecular flexibility index (Phi) is 9.81. The van der Waals surface area contributed by atoms with E-state index < -0.39 is 0 Å². The predicted octanol–water partition coefficient (Wildman–Crippen LogP) is -2.43. The fourth-order valence-corrected chi connectivity index (χ4v) is 2.07. The summed E-state index contributed by atoms with van der Waals surface area (Å²) in [6.07, 6.45) is 0. The topological polar surface area (TPSA) is 28.4 Å². The van der Waals surface area contributed by atoms with Gasteiger partial charge in [0.1, 0.15) is 11.5 Å². The molecule has 0 aliphatic rings. The number of rotatable bonds is 6. The Bertz CT molecular complexity index is 570. The van der Waals surface area contributed by atoms with Gasteiger partial charge in [0.25, 0.3) is 0 Å². The van der Waals surface area contributed by atoms with Crippen LogP contribution in [0.15, 0.2) is 34.7 Å². The van der Waals surface area contributed by atoms with Gasteiger partial charge in [-0.25, -0.2) is 0 Å². The lowest BCUT2D eigenvalue weighted by Gasteiger charge is -2.09. The van der Waals surface area contributed by atoms with Gasteiger partial charge in [0.15, 0.2) is 0 Å². The van der Waals surface area contributed by atoms with Gasteiger partial charge in [-0.3, -0.25) is 0 Å². The van der Waals surface area contributed by atoms with Gasteiger partial charge in [-0.05, 0) is 44.8 Å². The van der Waals surface area contributed by atoms with Crippen LogP contribution in [-0.2, 0) is 6.54 Å². The van der Waals surface area contributed by atoms with Crippen molar-refractivity contribution in [3.8, 4) is 11.3 Å². The highest BCUT2D eigenvalue weighted by Gasteiger charge is 2.06. The molecule has 1 N–H and O–H groups in total. The van der Waals surface area contributed by atoms with Crippen LogP contribution in [0, 0.1) is 6.92 Å². The molecule has 0 aliphatic heterocycles. The third-order valence-corrected chi connectivity index (χ3v) is 3.56. The molecule has 0 saturated carbocycles. The van der Waals surface area contributed by atoms with Crippen molar-refractivity contribution in [3.63, 3.8) is 0 Å². The van der Waals surface area contributed by atoms with Crippen molar-refractivity contribution in [2.75, 3.05) is 27.2 Å². The van der Waals surface area contributed by atoms with E-state index in [2.05, 4.69) is 24.3 Å². The van der Waals surface area contributed by atoms with Crippen molar-refractivity contribution >= 4 is 11.6 Å². The number of nitrogens with one attached hydrogen (secondary N) is 1. The summed E-state index contributed by atoms with van der Waals surface area (Å²) >= 11 is 6.14. The molecule has 0 aliphatic carbocycles. The average molecular weight is 364 g/mol. The van der Waals surface area contributed by atoms with E-state index in [0.29, 0.717) is 0 Å². The van der Waals surface area contributed by atoms with Crippen LogP contribution >= 0.6 is 11.6 Å². The first-order valence-electron chi connectivity index (χ1n) is 6.77. The van der Waals surface area contributed by atoms with Crippen LogP contribution in [0.25, 0.3) is 11.3 Å². The highest BCUT2D eigenvalue weighted by Crippen LogP contribution is 2.26. The summed E-state index contributed by atoms with van der Waals surface area (Å²) in [5.74, 6) is 1.80. The van der Waals surface area contributed by atoms with Crippen LogP contribution in [0.3, 0.4) is 0 Å². The van der Waals surface area contributed by atoms with Crippen LogP contribution in [-0.4, -0.2) is 32.1 Å². The van der Waals surface area contributed by atoms with Crippen LogP contribution < -0.4 is 30.1 Å². The van der Waals surface area contributed by atoms with E-state index in [0.717, 1.165) is 47.3 Å². The highest BCUT2D eigenvalue weighted by atomic mass is 35.5. The molecule has 1 aromatic heterocycles. The minimum absolute atomic E-state index is 0. The highest BCUT2D eigenvalue weighted by molar-refractivity contribution is 6.31. The molecule has 0 atom stereocenters. The zero-order valence-corrected chi connectivity index (χ0v) is 15.3. The van der Waals surface area contributed by atoms with Crippen LogP contribution in [0.5, 0.6) is 0 Å². The molecule has 0 saturated heterocycles. The van der Waals surface area contributed by atoms with Crippen LogP contribution in [0.1, 0.15) is 11.3 Å². The number of benzene rings is 1. The number of aryl methyl sites for hydroxylation is 1.